The van der Waals surface area contributed by atoms with Gasteiger partial charge in [0.25, 0.3) is 5.91 Å². The molecule has 0 saturated heterocycles. The van der Waals surface area contributed by atoms with Gasteiger partial charge in [0.05, 0.1) is 6.54 Å². The fraction of sp³-hybridized carbons (Fsp3) is 0.429. The lowest BCUT2D eigenvalue weighted by molar-refractivity contribution is -0.129. The number of hydrogen-bond acceptors (Lipinski definition) is 2. The molecule has 0 spiro atoms. The van der Waals surface area contributed by atoms with Crippen molar-refractivity contribution >= 4 is 11.8 Å². The maximum atomic E-state index is 12.9. The summed E-state index contributed by atoms with van der Waals surface area (Å²) >= 11 is 0. The van der Waals surface area contributed by atoms with Crippen molar-refractivity contribution in [2.24, 2.45) is 0 Å². The molecule has 0 heterocycles. The highest BCUT2D eigenvalue weighted by Crippen LogP contribution is 2.09. The van der Waals surface area contributed by atoms with Gasteiger partial charge in [-0.3, -0.25) is 9.59 Å². The van der Waals surface area contributed by atoms with Gasteiger partial charge in [0.1, 0.15) is 5.82 Å². The average molecular weight is 266 g/mol. The Balaban J connectivity index is 2.63. The van der Waals surface area contributed by atoms with Gasteiger partial charge in [0.15, 0.2) is 0 Å². The minimum absolute atomic E-state index is 0.0443. The van der Waals surface area contributed by atoms with E-state index in [9.17, 15) is 14.0 Å². The van der Waals surface area contributed by atoms with Crippen molar-refractivity contribution in [2.75, 3.05) is 19.6 Å². The van der Waals surface area contributed by atoms with Crippen LogP contribution in [0.1, 0.15) is 29.8 Å². The summed E-state index contributed by atoms with van der Waals surface area (Å²) in [6.07, 6.45) is 0. The molecule has 0 radical (unpaired) electrons. The van der Waals surface area contributed by atoms with Gasteiger partial charge in [-0.2, -0.15) is 0 Å². The lowest BCUT2D eigenvalue weighted by atomic mass is 10.1. The third kappa shape index (κ3) is 4.05. The van der Waals surface area contributed by atoms with E-state index in [4.69, 9.17) is 0 Å². The molecule has 0 aliphatic heterocycles. The summed E-state index contributed by atoms with van der Waals surface area (Å²) in [5.41, 5.74) is 0.932. The SMILES string of the molecule is CCN(CC)C(=O)CNC(=O)c1ccc(F)cc1C. The number of rotatable bonds is 5. The van der Waals surface area contributed by atoms with Gasteiger partial charge in [-0.25, -0.2) is 4.39 Å². The van der Waals surface area contributed by atoms with Crippen LogP contribution in [-0.4, -0.2) is 36.3 Å². The van der Waals surface area contributed by atoms with Gasteiger partial charge in [0.2, 0.25) is 5.91 Å². The number of nitrogens with zero attached hydrogens (tertiary/aromatic N) is 1. The summed E-state index contributed by atoms with van der Waals surface area (Å²) in [6.45, 7) is 6.60. The van der Waals surface area contributed by atoms with Crippen molar-refractivity contribution in [1.82, 2.24) is 10.2 Å². The fourth-order valence-corrected chi connectivity index (χ4v) is 1.82. The molecule has 0 aliphatic rings. The van der Waals surface area contributed by atoms with Crippen LogP contribution in [0.15, 0.2) is 18.2 Å². The summed E-state index contributed by atoms with van der Waals surface area (Å²) in [4.78, 5) is 25.2. The largest absolute Gasteiger partial charge is 0.343 e. The molecule has 0 bridgehead atoms. The molecule has 0 saturated carbocycles. The van der Waals surface area contributed by atoms with Gasteiger partial charge in [0, 0.05) is 18.7 Å². The van der Waals surface area contributed by atoms with Crippen LogP contribution in [0.5, 0.6) is 0 Å². The van der Waals surface area contributed by atoms with Crippen LogP contribution in [0, 0.1) is 12.7 Å². The number of carbonyl (C=O) groups is 2. The first-order chi connectivity index (χ1) is 8.99. The molecular formula is C14H19FN2O2. The highest BCUT2D eigenvalue weighted by Gasteiger charge is 2.13. The van der Waals surface area contributed by atoms with Crippen molar-refractivity contribution in [2.45, 2.75) is 20.8 Å². The normalized spacial score (nSPS) is 10.1. The Bertz CT molecular complexity index is 471. The predicted molar refractivity (Wildman–Crippen MR) is 71.4 cm³/mol. The molecule has 0 aromatic heterocycles. The number of amides is 2. The van der Waals surface area contributed by atoms with E-state index in [1.807, 2.05) is 13.8 Å². The maximum Gasteiger partial charge on any atom is 0.251 e. The van der Waals surface area contributed by atoms with Gasteiger partial charge < -0.3 is 10.2 Å². The Labute approximate surface area is 112 Å². The highest BCUT2D eigenvalue weighted by atomic mass is 19.1. The van der Waals surface area contributed by atoms with E-state index in [0.717, 1.165) is 0 Å². The zero-order valence-electron chi connectivity index (χ0n) is 11.5. The van der Waals surface area contributed by atoms with Crippen molar-refractivity contribution in [3.8, 4) is 0 Å². The zero-order chi connectivity index (χ0) is 14.4. The summed E-state index contributed by atoms with van der Waals surface area (Å²) in [6, 6.07) is 3.94. The molecule has 2 amide bonds. The molecular weight excluding hydrogens is 247 g/mol. The summed E-state index contributed by atoms with van der Waals surface area (Å²) in [5.74, 6) is -0.871. The van der Waals surface area contributed by atoms with E-state index < -0.39 is 0 Å². The van der Waals surface area contributed by atoms with Crippen molar-refractivity contribution in [1.29, 1.82) is 0 Å². The smallest absolute Gasteiger partial charge is 0.251 e. The minimum Gasteiger partial charge on any atom is -0.343 e. The number of halogens is 1. The molecule has 5 heteroatoms. The number of carbonyl (C=O) groups excluding carboxylic acids is 2. The molecule has 0 unspecified atom stereocenters. The van der Waals surface area contributed by atoms with Crippen LogP contribution in [-0.2, 0) is 4.79 Å². The summed E-state index contributed by atoms with van der Waals surface area (Å²) < 4.78 is 12.9. The van der Waals surface area contributed by atoms with Crippen LogP contribution < -0.4 is 5.32 Å². The van der Waals surface area contributed by atoms with Crippen LogP contribution in [0.3, 0.4) is 0 Å². The first-order valence-corrected chi connectivity index (χ1v) is 6.31. The van der Waals surface area contributed by atoms with Crippen molar-refractivity contribution < 1.29 is 14.0 Å². The molecule has 19 heavy (non-hydrogen) atoms. The van der Waals surface area contributed by atoms with E-state index in [1.54, 1.807) is 11.8 Å². The van der Waals surface area contributed by atoms with Crippen LogP contribution in [0.2, 0.25) is 0 Å². The summed E-state index contributed by atoms with van der Waals surface area (Å²) in [7, 11) is 0. The Morgan fingerprint density at radius 2 is 1.89 bits per heavy atom. The third-order valence-corrected chi connectivity index (χ3v) is 2.95. The second-order valence-electron chi connectivity index (χ2n) is 4.21. The quantitative estimate of drug-likeness (QED) is 0.882. The number of likely N-dealkylation sites (N-methyl/N-ethyl adjacent to an activating group) is 1. The van der Waals surface area contributed by atoms with Crippen LogP contribution in [0.4, 0.5) is 4.39 Å². The second kappa shape index (κ2) is 6.87. The lowest BCUT2D eigenvalue weighted by Crippen LogP contribution is -2.40. The molecule has 104 valence electrons. The Morgan fingerprint density at radius 1 is 1.26 bits per heavy atom. The molecule has 1 rings (SSSR count). The molecule has 1 aromatic carbocycles. The van der Waals surface area contributed by atoms with Gasteiger partial charge in [-0.05, 0) is 44.5 Å². The monoisotopic (exact) mass is 266 g/mol. The van der Waals surface area contributed by atoms with Crippen molar-refractivity contribution in [3.63, 3.8) is 0 Å². The Hall–Kier alpha value is -1.91. The van der Waals surface area contributed by atoms with Gasteiger partial charge >= 0.3 is 0 Å². The topological polar surface area (TPSA) is 49.4 Å². The third-order valence-electron chi connectivity index (χ3n) is 2.95. The Kier molecular flexibility index (Phi) is 5.48. The summed E-state index contributed by atoms with van der Waals surface area (Å²) in [5, 5.41) is 2.56. The second-order valence-corrected chi connectivity index (χ2v) is 4.21. The number of aryl methyl sites for hydroxylation is 1. The molecule has 1 N–H and O–H groups in total. The fourth-order valence-electron chi connectivity index (χ4n) is 1.82. The van der Waals surface area contributed by atoms with Gasteiger partial charge in [-0.15, -0.1) is 0 Å². The number of hydrogen-bond donors (Lipinski definition) is 1. The predicted octanol–water partition coefficient (Wildman–Crippen LogP) is 1.73. The first kappa shape index (κ1) is 15.1. The van der Waals surface area contributed by atoms with E-state index in [0.29, 0.717) is 24.2 Å². The number of benzene rings is 1. The van der Waals surface area contributed by atoms with Crippen LogP contribution >= 0.6 is 0 Å². The van der Waals surface area contributed by atoms with Crippen LogP contribution in [0.25, 0.3) is 0 Å². The minimum atomic E-state index is -0.381. The molecule has 1 aromatic rings. The van der Waals surface area contributed by atoms with Gasteiger partial charge in [-0.1, -0.05) is 0 Å². The average Bonchev–Trinajstić information content (AvgIpc) is 2.37. The molecule has 0 aliphatic carbocycles. The standard InChI is InChI=1S/C14H19FN2O2/c1-4-17(5-2)13(18)9-16-14(19)12-7-6-11(15)8-10(12)3/h6-8H,4-5,9H2,1-3H3,(H,16,19). The first-order valence-electron chi connectivity index (χ1n) is 6.31. The Morgan fingerprint density at radius 3 is 2.42 bits per heavy atom. The van der Waals surface area contributed by atoms with Crippen molar-refractivity contribution in [3.05, 3.63) is 35.1 Å². The zero-order valence-corrected chi connectivity index (χ0v) is 11.5. The highest BCUT2D eigenvalue weighted by molar-refractivity contribution is 5.97. The van der Waals surface area contributed by atoms with E-state index in [1.165, 1.54) is 18.2 Å². The lowest BCUT2D eigenvalue weighted by Gasteiger charge is -2.18. The van der Waals surface area contributed by atoms with E-state index in [-0.39, 0.29) is 24.2 Å². The number of nitrogens with one attached hydrogen (secondary N) is 1. The molecule has 0 fully saturated rings. The van der Waals surface area contributed by atoms with E-state index in [2.05, 4.69) is 5.32 Å². The maximum absolute atomic E-state index is 12.9. The molecule has 0 atom stereocenters. The van der Waals surface area contributed by atoms with E-state index >= 15 is 0 Å². The molecule has 4 nitrogen and oxygen atoms in total.